The van der Waals surface area contributed by atoms with Crippen LogP contribution in [0, 0.1) is 17.6 Å². The largest absolute Gasteiger partial charge is 0.504 e. The summed E-state index contributed by atoms with van der Waals surface area (Å²) in [5.74, 6) is -1.88. The number of alkyl halides is 1. The minimum Gasteiger partial charge on any atom is -0.504 e. The maximum Gasteiger partial charge on any atom is 0.172 e. The molecule has 12 heteroatoms. The summed E-state index contributed by atoms with van der Waals surface area (Å²) >= 11 is 0. The molecule has 9 nitrogen and oxygen atoms in total. The van der Waals surface area contributed by atoms with E-state index in [9.17, 15) is 13.9 Å². The van der Waals surface area contributed by atoms with Crippen molar-refractivity contribution in [3.63, 3.8) is 0 Å². The lowest BCUT2D eigenvalue weighted by atomic mass is 9.93. The molecule has 4 atom stereocenters. The van der Waals surface area contributed by atoms with E-state index in [1.165, 1.54) is 0 Å². The van der Waals surface area contributed by atoms with Crippen molar-refractivity contribution in [2.24, 2.45) is 5.92 Å². The number of likely N-dealkylation sites (tertiary alicyclic amines) is 1. The molecule has 0 radical (unpaired) electrons. The van der Waals surface area contributed by atoms with Gasteiger partial charge in [-0.25, -0.2) is 13.2 Å². The molecule has 6 rings (SSSR count). The highest BCUT2D eigenvalue weighted by molar-refractivity contribution is 5.76. The highest BCUT2D eigenvalue weighted by atomic mass is 19.1. The highest BCUT2D eigenvalue weighted by Gasteiger charge is 2.37. The van der Waals surface area contributed by atoms with Crippen LogP contribution in [0.5, 0.6) is 5.75 Å². The Morgan fingerprint density at radius 2 is 1.89 bits per heavy atom. The van der Waals surface area contributed by atoms with Gasteiger partial charge < -0.3 is 25.4 Å². The van der Waals surface area contributed by atoms with Crippen LogP contribution in [0.3, 0.4) is 0 Å². The molecular formula is C26H34F3N7O2. The van der Waals surface area contributed by atoms with Crippen molar-refractivity contribution in [1.82, 2.24) is 25.3 Å². The molecule has 2 aromatic rings. The first-order valence-corrected chi connectivity index (χ1v) is 13.4. The lowest BCUT2D eigenvalue weighted by Crippen LogP contribution is -2.59. The molecule has 38 heavy (non-hydrogen) atoms. The summed E-state index contributed by atoms with van der Waals surface area (Å²) in [4.78, 5) is 6.76. The van der Waals surface area contributed by atoms with Gasteiger partial charge in [-0.2, -0.15) is 0 Å². The van der Waals surface area contributed by atoms with E-state index in [1.807, 2.05) is 0 Å². The van der Waals surface area contributed by atoms with Gasteiger partial charge in [0.2, 0.25) is 0 Å². The third-order valence-corrected chi connectivity index (χ3v) is 8.18. The molecule has 0 spiro atoms. The Bertz CT molecular complexity index is 1150. The number of hydrogen-bond donors (Lipinski definition) is 3. The molecular weight excluding hydrogens is 499 g/mol. The van der Waals surface area contributed by atoms with Gasteiger partial charge in [0.05, 0.1) is 30.1 Å². The number of benzene rings is 1. The number of phenolic OH excluding ortho intramolecular Hbond substituents is 1. The number of aromatic hydroxyl groups is 1. The summed E-state index contributed by atoms with van der Waals surface area (Å²) in [7, 11) is 0. The SMILES string of the molecule is Oc1c(F)cc(F)cc1-c1cc2c(nn1)NC[C@H]1CN(C[C@H]3CCN(C[C@@H]4CNCCO4)C[C@@H]3F)CCN21. The molecule has 0 amide bonds. The second-order valence-electron chi connectivity index (χ2n) is 10.8. The topological polar surface area (TPSA) is 89.0 Å². The zero-order valence-electron chi connectivity index (χ0n) is 21.3. The van der Waals surface area contributed by atoms with Crippen LogP contribution in [-0.2, 0) is 4.74 Å². The predicted octanol–water partition coefficient (Wildman–Crippen LogP) is 1.69. The predicted molar refractivity (Wildman–Crippen MR) is 137 cm³/mol. The van der Waals surface area contributed by atoms with Gasteiger partial charge in [0.15, 0.2) is 17.4 Å². The molecule has 3 saturated heterocycles. The van der Waals surface area contributed by atoms with Crippen molar-refractivity contribution >= 4 is 11.5 Å². The van der Waals surface area contributed by atoms with Gasteiger partial charge in [0, 0.05) is 76.5 Å². The number of nitrogens with one attached hydrogen (secondary N) is 2. The lowest BCUT2D eigenvalue weighted by Gasteiger charge is -2.47. The molecule has 3 fully saturated rings. The van der Waals surface area contributed by atoms with Crippen molar-refractivity contribution in [3.8, 4) is 17.0 Å². The maximum atomic E-state index is 15.2. The molecule has 0 saturated carbocycles. The first-order chi connectivity index (χ1) is 18.4. The number of ether oxygens (including phenoxy) is 1. The van der Waals surface area contributed by atoms with E-state index in [0.717, 1.165) is 70.5 Å². The van der Waals surface area contributed by atoms with E-state index in [4.69, 9.17) is 4.74 Å². The first-order valence-electron chi connectivity index (χ1n) is 13.4. The van der Waals surface area contributed by atoms with Crippen LogP contribution in [-0.4, -0.2) is 115 Å². The van der Waals surface area contributed by atoms with E-state index in [-0.39, 0.29) is 29.3 Å². The van der Waals surface area contributed by atoms with Crippen molar-refractivity contribution in [2.75, 3.05) is 82.3 Å². The Labute approximate surface area is 219 Å². The van der Waals surface area contributed by atoms with Gasteiger partial charge >= 0.3 is 0 Å². The fourth-order valence-electron chi connectivity index (χ4n) is 6.16. The summed E-state index contributed by atoms with van der Waals surface area (Å²) in [6, 6.07) is 3.54. The third-order valence-electron chi connectivity index (χ3n) is 8.18. The summed E-state index contributed by atoms with van der Waals surface area (Å²) in [5, 5.41) is 25.1. The number of nitrogens with zero attached hydrogens (tertiary/aromatic N) is 5. The summed E-state index contributed by atoms with van der Waals surface area (Å²) in [6.45, 7) is 8.21. The molecule has 206 valence electrons. The molecule has 4 aliphatic heterocycles. The average molecular weight is 534 g/mol. The van der Waals surface area contributed by atoms with Crippen molar-refractivity contribution in [2.45, 2.75) is 24.7 Å². The van der Waals surface area contributed by atoms with Gasteiger partial charge in [-0.05, 0) is 25.1 Å². The molecule has 0 bridgehead atoms. The summed E-state index contributed by atoms with van der Waals surface area (Å²) in [6.07, 6.45) is 0.108. The Morgan fingerprint density at radius 1 is 1.03 bits per heavy atom. The molecule has 3 N–H and O–H groups in total. The van der Waals surface area contributed by atoms with Gasteiger partial charge in [-0.3, -0.25) is 9.80 Å². The van der Waals surface area contributed by atoms with E-state index in [1.54, 1.807) is 6.07 Å². The minimum atomic E-state index is -1.04. The standard InChI is InChI=1S/C26H34F3N7O2/c27-17-7-20(25(37)21(28)8-17)23-9-24-26(33-32-23)31-10-18-13-35(4-5-36(18)24)12-16-1-3-34(15-22(16)29)14-19-11-30-2-6-38-19/h7-9,16,18-19,22,30,37H,1-6,10-15H2,(H,31,33)/t16-,18+,19+,22+/m1/s1. The normalized spacial score (nSPS) is 28.4. The van der Waals surface area contributed by atoms with Crippen LogP contribution in [0.15, 0.2) is 18.2 Å². The number of anilines is 2. The Kier molecular flexibility index (Phi) is 7.30. The zero-order valence-corrected chi connectivity index (χ0v) is 21.3. The number of phenols is 1. The second kappa shape index (κ2) is 10.8. The Hall–Kier alpha value is -2.67. The lowest BCUT2D eigenvalue weighted by molar-refractivity contribution is -0.0158. The third kappa shape index (κ3) is 5.27. The molecule has 1 aromatic carbocycles. The number of rotatable bonds is 5. The Morgan fingerprint density at radius 3 is 2.71 bits per heavy atom. The minimum absolute atomic E-state index is 0.00959. The van der Waals surface area contributed by atoms with Crippen LogP contribution in [0.25, 0.3) is 11.3 Å². The fourth-order valence-corrected chi connectivity index (χ4v) is 6.16. The van der Waals surface area contributed by atoms with Crippen LogP contribution in [0.1, 0.15) is 6.42 Å². The van der Waals surface area contributed by atoms with Gasteiger partial charge in [-0.15, -0.1) is 10.2 Å². The summed E-state index contributed by atoms with van der Waals surface area (Å²) in [5.41, 5.74) is 0.947. The fraction of sp³-hybridized carbons (Fsp3) is 0.615. The summed E-state index contributed by atoms with van der Waals surface area (Å²) < 4.78 is 48.7. The van der Waals surface area contributed by atoms with Crippen molar-refractivity contribution in [3.05, 3.63) is 29.8 Å². The number of piperazine rings is 1. The van der Waals surface area contributed by atoms with Gasteiger partial charge in [-0.1, -0.05) is 0 Å². The molecule has 0 aliphatic carbocycles. The quantitative estimate of drug-likeness (QED) is 0.532. The number of aromatic nitrogens is 2. The average Bonchev–Trinajstić information content (AvgIpc) is 2.92. The number of piperidine rings is 1. The number of morpholine rings is 1. The maximum absolute atomic E-state index is 15.2. The van der Waals surface area contributed by atoms with Crippen LogP contribution >= 0.6 is 0 Å². The van der Waals surface area contributed by atoms with Crippen LogP contribution in [0.4, 0.5) is 24.7 Å². The van der Waals surface area contributed by atoms with Crippen LogP contribution in [0.2, 0.25) is 0 Å². The number of halogens is 3. The molecule has 0 unspecified atom stereocenters. The number of fused-ring (bicyclic) bond motifs is 3. The monoisotopic (exact) mass is 533 g/mol. The van der Waals surface area contributed by atoms with Gasteiger partial charge in [0.1, 0.15) is 12.0 Å². The van der Waals surface area contributed by atoms with E-state index < -0.39 is 23.6 Å². The van der Waals surface area contributed by atoms with E-state index in [0.29, 0.717) is 31.6 Å². The molecule has 1 aromatic heterocycles. The first kappa shape index (κ1) is 25.6. The number of hydrogen-bond acceptors (Lipinski definition) is 9. The second-order valence-corrected chi connectivity index (χ2v) is 10.8. The zero-order chi connectivity index (χ0) is 26.2. The van der Waals surface area contributed by atoms with E-state index >= 15 is 4.39 Å². The smallest absolute Gasteiger partial charge is 0.172 e. The van der Waals surface area contributed by atoms with Crippen molar-refractivity contribution in [1.29, 1.82) is 0 Å². The Balaban J connectivity index is 1.08. The highest BCUT2D eigenvalue weighted by Crippen LogP contribution is 2.37. The van der Waals surface area contributed by atoms with Crippen molar-refractivity contribution < 1.29 is 23.0 Å². The van der Waals surface area contributed by atoms with E-state index in [2.05, 4.69) is 35.5 Å². The van der Waals surface area contributed by atoms with Gasteiger partial charge in [0.25, 0.3) is 0 Å². The van der Waals surface area contributed by atoms with Crippen LogP contribution < -0.4 is 15.5 Å². The molecule has 5 heterocycles. The molecule has 4 aliphatic rings.